The molecule has 0 aromatic heterocycles. The Hall–Kier alpha value is -1.43. The summed E-state index contributed by atoms with van der Waals surface area (Å²) in [6.45, 7) is 6.00. The van der Waals surface area contributed by atoms with Crippen molar-refractivity contribution in [1.29, 1.82) is 0 Å². The molecule has 1 fully saturated rings. The van der Waals surface area contributed by atoms with Gasteiger partial charge in [-0.3, -0.25) is 14.6 Å². The monoisotopic (exact) mass is 277 g/mol. The van der Waals surface area contributed by atoms with Gasteiger partial charge in [-0.1, -0.05) is 12.1 Å². The van der Waals surface area contributed by atoms with Crippen LogP contribution in [0.4, 0.5) is 0 Å². The molecule has 1 aliphatic heterocycles. The molecule has 0 saturated carbocycles. The van der Waals surface area contributed by atoms with Gasteiger partial charge in [-0.05, 0) is 17.7 Å². The molecule has 1 heterocycles. The van der Waals surface area contributed by atoms with Crippen LogP contribution in [0, 0.1) is 0 Å². The van der Waals surface area contributed by atoms with Crippen LogP contribution in [0.5, 0.6) is 0 Å². The Bertz CT molecular complexity index is 425. The van der Waals surface area contributed by atoms with Gasteiger partial charge in [0, 0.05) is 51.9 Å². The predicted molar refractivity (Wildman–Crippen MR) is 78.6 cm³/mol. The molecular weight excluding hydrogens is 254 g/mol. The number of carbonyl (C=O) groups excluding carboxylic acids is 1. The molecule has 5 nitrogen and oxygen atoms in total. The van der Waals surface area contributed by atoms with E-state index in [4.69, 9.17) is 5.11 Å². The van der Waals surface area contributed by atoms with Crippen molar-refractivity contribution in [3.63, 3.8) is 0 Å². The van der Waals surface area contributed by atoms with Gasteiger partial charge in [0.05, 0.1) is 6.61 Å². The number of carbonyl (C=O) groups is 1. The summed E-state index contributed by atoms with van der Waals surface area (Å²) < 4.78 is 0. The number of nitrogens with one attached hydrogen (secondary N) is 1. The van der Waals surface area contributed by atoms with Crippen molar-refractivity contribution in [3.05, 3.63) is 35.4 Å². The summed E-state index contributed by atoms with van der Waals surface area (Å²) in [5.74, 6) is -0.0471. The van der Waals surface area contributed by atoms with Gasteiger partial charge in [0.25, 0.3) is 5.91 Å². The highest BCUT2D eigenvalue weighted by atomic mass is 16.3. The third-order valence-electron chi connectivity index (χ3n) is 3.73. The molecule has 0 unspecified atom stereocenters. The largest absolute Gasteiger partial charge is 0.395 e. The maximum atomic E-state index is 11.5. The lowest BCUT2D eigenvalue weighted by atomic mass is 10.1. The van der Waals surface area contributed by atoms with Crippen molar-refractivity contribution in [2.75, 3.05) is 46.4 Å². The SMILES string of the molecule is CNC(=O)c1ccc(CN2CCN(CCO)CC2)cc1. The average Bonchev–Trinajstić information content (AvgIpc) is 2.49. The summed E-state index contributed by atoms with van der Waals surface area (Å²) in [6, 6.07) is 7.78. The van der Waals surface area contributed by atoms with Crippen molar-refractivity contribution in [1.82, 2.24) is 15.1 Å². The van der Waals surface area contributed by atoms with E-state index in [2.05, 4.69) is 15.1 Å². The average molecular weight is 277 g/mol. The number of amides is 1. The fourth-order valence-corrected chi connectivity index (χ4v) is 2.48. The summed E-state index contributed by atoms with van der Waals surface area (Å²) in [5.41, 5.74) is 1.93. The predicted octanol–water partition coefficient (Wildman–Crippen LogP) is 0.156. The van der Waals surface area contributed by atoms with Crippen LogP contribution in [-0.2, 0) is 6.54 Å². The lowest BCUT2D eigenvalue weighted by Crippen LogP contribution is -2.46. The first-order valence-corrected chi connectivity index (χ1v) is 7.09. The van der Waals surface area contributed by atoms with E-state index >= 15 is 0 Å². The third kappa shape index (κ3) is 4.03. The van der Waals surface area contributed by atoms with Gasteiger partial charge in [0.15, 0.2) is 0 Å². The second kappa shape index (κ2) is 7.38. The molecule has 1 aromatic rings. The maximum absolute atomic E-state index is 11.5. The fourth-order valence-electron chi connectivity index (χ4n) is 2.48. The van der Waals surface area contributed by atoms with Gasteiger partial charge >= 0.3 is 0 Å². The molecule has 1 aromatic carbocycles. The zero-order valence-corrected chi connectivity index (χ0v) is 12.0. The topological polar surface area (TPSA) is 55.8 Å². The van der Waals surface area contributed by atoms with E-state index < -0.39 is 0 Å². The van der Waals surface area contributed by atoms with Crippen molar-refractivity contribution in [2.45, 2.75) is 6.54 Å². The van der Waals surface area contributed by atoms with Crippen molar-refractivity contribution < 1.29 is 9.90 Å². The van der Waals surface area contributed by atoms with E-state index in [0.29, 0.717) is 5.56 Å². The standard InChI is InChI=1S/C15H23N3O2/c1-16-15(20)14-4-2-13(3-5-14)12-18-8-6-17(7-9-18)10-11-19/h2-5,19H,6-12H2,1H3,(H,16,20). The number of piperazine rings is 1. The Balaban J connectivity index is 1.84. The molecule has 2 rings (SSSR count). The lowest BCUT2D eigenvalue weighted by Gasteiger charge is -2.34. The van der Waals surface area contributed by atoms with Gasteiger partial charge in [-0.25, -0.2) is 0 Å². The normalized spacial score (nSPS) is 17.1. The number of benzene rings is 1. The Morgan fingerprint density at radius 1 is 1.15 bits per heavy atom. The number of rotatable bonds is 5. The van der Waals surface area contributed by atoms with Crippen LogP contribution < -0.4 is 5.32 Å². The fraction of sp³-hybridized carbons (Fsp3) is 0.533. The highest BCUT2D eigenvalue weighted by Gasteiger charge is 2.16. The molecule has 1 aliphatic rings. The van der Waals surface area contributed by atoms with Crippen LogP contribution >= 0.6 is 0 Å². The van der Waals surface area contributed by atoms with Gasteiger partial charge in [0.2, 0.25) is 0 Å². The molecule has 0 radical (unpaired) electrons. The van der Waals surface area contributed by atoms with E-state index in [1.54, 1.807) is 7.05 Å². The van der Waals surface area contributed by atoms with Crippen molar-refractivity contribution >= 4 is 5.91 Å². The van der Waals surface area contributed by atoms with Gasteiger partial charge in [-0.15, -0.1) is 0 Å². The molecule has 0 atom stereocenters. The Kier molecular flexibility index (Phi) is 5.52. The third-order valence-corrected chi connectivity index (χ3v) is 3.73. The molecule has 0 aliphatic carbocycles. The Labute approximate surface area is 120 Å². The minimum atomic E-state index is -0.0471. The number of nitrogens with zero attached hydrogens (tertiary/aromatic N) is 2. The molecule has 1 amide bonds. The van der Waals surface area contributed by atoms with Crippen molar-refractivity contribution in [2.24, 2.45) is 0 Å². The van der Waals surface area contributed by atoms with Gasteiger partial charge in [-0.2, -0.15) is 0 Å². The number of aliphatic hydroxyl groups is 1. The Morgan fingerprint density at radius 3 is 2.30 bits per heavy atom. The summed E-state index contributed by atoms with van der Waals surface area (Å²) >= 11 is 0. The Morgan fingerprint density at radius 2 is 1.75 bits per heavy atom. The number of hydrogen-bond donors (Lipinski definition) is 2. The van der Waals surface area contributed by atoms with E-state index in [1.165, 1.54) is 5.56 Å². The second-order valence-electron chi connectivity index (χ2n) is 5.12. The summed E-state index contributed by atoms with van der Waals surface area (Å²) in [6.07, 6.45) is 0. The first-order valence-electron chi connectivity index (χ1n) is 7.09. The minimum Gasteiger partial charge on any atom is -0.395 e. The number of β-amino-alcohol motifs (C(OH)–C–C–N with tert-alkyl or cyclic N) is 1. The molecule has 0 bridgehead atoms. The van der Waals surface area contributed by atoms with Crippen molar-refractivity contribution in [3.8, 4) is 0 Å². The van der Waals surface area contributed by atoms with E-state index in [1.807, 2.05) is 24.3 Å². The number of aliphatic hydroxyl groups excluding tert-OH is 1. The molecular formula is C15H23N3O2. The second-order valence-corrected chi connectivity index (χ2v) is 5.12. The number of hydrogen-bond acceptors (Lipinski definition) is 4. The first kappa shape index (κ1) is 15.0. The smallest absolute Gasteiger partial charge is 0.251 e. The maximum Gasteiger partial charge on any atom is 0.251 e. The van der Waals surface area contributed by atoms with Crippen LogP contribution in [0.15, 0.2) is 24.3 Å². The quantitative estimate of drug-likeness (QED) is 0.805. The first-order chi connectivity index (χ1) is 9.72. The molecule has 1 saturated heterocycles. The van der Waals surface area contributed by atoms with Gasteiger partial charge in [0.1, 0.15) is 0 Å². The highest BCUT2D eigenvalue weighted by molar-refractivity contribution is 5.93. The molecule has 5 heteroatoms. The van der Waals surface area contributed by atoms with Crippen LogP contribution in [0.1, 0.15) is 15.9 Å². The molecule has 0 spiro atoms. The van der Waals surface area contributed by atoms with Crippen LogP contribution in [0.2, 0.25) is 0 Å². The summed E-state index contributed by atoms with van der Waals surface area (Å²) in [7, 11) is 1.64. The lowest BCUT2D eigenvalue weighted by molar-refractivity contribution is 0.0963. The summed E-state index contributed by atoms with van der Waals surface area (Å²) in [5, 5.41) is 11.5. The van der Waals surface area contributed by atoms with E-state index in [-0.39, 0.29) is 12.5 Å². The zero-order chi connectivity index (χ0) is 14.4. The van der Waals surface area contributed by atoms with Gasteiger partial charge < -0.3 is 10.4 Å². The molecule has 20 heavy (non-hydrogen) atoms. The highest BCUT2D eigenvalue weighted by Crippen LogP contribution is 2.10. The molecule has 2 N–H and O–H groups in total. The van der Waals surface area contributed by atoms with Crippen LogP contribution in [0.3, 0.4) is 0 Å². The van der Waals surface area contributed by atoms with Crippen LogP contribution in [-0.4, -0.2) is 67.2 Å². The van der Waals surface area contributed by atoms with Crippen LogP contribution in [0.25, 0.3) is 0 Å². The molecule has 110 valence electrons. The zero-order valence-electron chi connectivity index (χ0n) is 12.0. The van der Waals surface area contributed by atoms with E-state index in [0.717, 1.165) is 39.3 Å². The van der Waals surface area contributed by atoms with E-state index in [9.17, 15) is 4.79 Å². The minimum absolute atomic E-state index is 0.0471. The summed E-state index contributed by atoms with van der Waals surface area (Å²) in [4.78, 5) is 16.2.